The fraction of sp³-hybridized carbons (Fsp3) is 0.440. The Morgan fingerprint density at radius 3 is 2.72 bits per heavy atom. The van der Waals surface area contributed by atoms with Gasteiger partial charge in [-0.1, -0.05) is 0 Å². The van der Waals surface area contributed by atoms with Crippen LogP contribution in [-0.2, 0) is 20.7 Å². The van der Waals surface area contributed by atoms with Gasteiger partial charge >= 0.3 is 0 Å². The van der Waals surface area contributed by atoms with Gasteiger partial charge in [-0.3, -0.25) is 14.9 Å². The summed E-state index contributed by atoms with van der Waals surface area (Å²) < 4.78 is 33.5. The van der Waals surface area contributed by atoms with E-state index in [-0.39, 0.29) is 41.8 Å². The minimum atomic E-state index is -0.867. The van der Waals surface area contributed by atoms with Crippen molar-refractivity contribution in [2.24, 2.45) is 0 Å². The van der Waals surface area contributed by atoms with Crippen molar-refractivity contribution in [2.45, 2.75) is 50.8 Å². The summed E-state index contributed by atoms with van der Waals surface area (Å²) >= 11 is 0. The smallest absolute Gasteiger partial charge is 0.272 e. The Balaban J connectivity index is 1.47. The number of benzene rings is 2. The third-order valence-electron chi connectivity index (χ3n) is 6.49. The van der Waals surface area contributed by atoms with Gasteiger partial charge in [-0.15, -0.1) is 0 Å². The number of carbonyl (C=O) groups excluding carboxylic acids is 1. The number of hydrogen-bond donors (Lipinski definition) is 1. The van der Waals surface area contributed by atoms with E-state index in [0.717, 1.165) is 49.1 Å². The maximum atomic E-state index is 14.6. The summed E-state index contributed by atoms with van der Waals surface area (Å²) in [5.41, 5.74) is 0.954. The van der Waals surface area contributed by atoms with Gasteiger partial charge in [0.2, 0.25) is 5.91 Å². The number of carbonyl (C=O) groups is 1. The van der Waals surface area contributed by atoms with Crippen LogP contribution < -0.4 is 10.1 Å². The Bertz CT molecular complexity index is 1270. The van der Waals surface area contributed by atoms with Crippen molar-refractivity contribution >= 4 is 22.5 Å². The summed E-state index contributed by atoms with van der Waals surface area (Å²) in [5, 5.41) is 19.3. The van der Waals surface area contributed by atoms with E-state index in [1.54, 1.807) is 12.3 Å². The van der Waals surface area contributed by atoms with Crippen LogP contribution in [0.4, 0.5) is 10.1 Å². The summed E-state index contributed by atoms with van der Waals surface area (Å²) in [5.74, 6) is -0.945. The lowest BCUT2D eigenvalue weighted by molar-refractivity contribution is -0.385. The molecule has 0 spiro atoms. The summed E-state index contributed by atoms with van der Waals surface area (Å²) in [6.45, 7) is 1.86. The van der Waals surface area contributed by atoms with Gasteiger partial charge in [-0.05, 0) is 50.3 Å². The first kappa shape index (κ1) is 24.1. The molecular formula is C25H27FN4O6. The molecule has 1 amide bonds. The molecule has 3 heterocycles. The Morgan fingerprint density at radius 1 is 1.17 bits per heavy atom. The normalized spacial score (nSPS) is 18.8. The first-order valence-electron chi connectivity index (χ1n) is 12.1. The molecule has 1 N–H and O–H groups in total. The van der Waals surface area contributed by atoms with E-state index < -0.39 is 10.7 Å². The van der Waals surface area contributed by atoms with Crippen molar-refractivity contribution in [3.63, 3.8) is 0 Å². The van der Waals surface area contributed by atoms with E-state index in [4.69, 9.17) is 14.2 Å². The summed E-state index contributed by atoms with van der Waals surface area (Å²) in [6, 6.07) is 6.76. The number of nitro benzene ring substituents is 1. The lowest BCUT2D eigenvalue weighted by atomic mass is 10.1. The van der Waals surface area contributed by atoms with E-state index >= 15 is 0 Å². The minimum Gasteiger partial charge on any atom is -0.454 e. The molecule has 11 heteroatoms. The predicted molar refractivity (Wildman–Crippen MR) is 127 cm³/mol. The van der Waals surface area contributed by atoms with Crippen molar-refractivity contribution in [2.75, 3.05) is 19.8 Å². The molecule has 2 saturated heterocycles. The second kappa shape index (κ2) is 10.6. The second-order valence-electron chi connectivity index (χ2n) is 9.03. The first-order chi connectivity index (χ1) is 17.5. The average molecular weight is 499 g/mol. The van der Waals surface area contributed by atoms with Crippen LogP contribution in [0, 0.1) is 15.9 Å². The van der Waals surface area contributed by atoms with Crippen molar-refractivity contribution in [3.8, 4) is 11.5 Å². The topological polar surface area (TPSA) is 118 Å². The molecule has 2 aliphatic rings. The standard InChI is InChI=1S/C25H27FN4O6/c26-20-14-19(30(32)33)4-5-22(20)36-23-12-17-15-27-29(25-3-1-2-8-35-25)21(17)11-16(23)13-24(31)28-18-6-9-34-10-7-18/h4-5,11-12,14-15,18,25H,1-3,6-10,13H2,(H,28,31). The molecule has 2 fully saturated rings. The van der Waals surface area contributed by atoms with Crippen LogP contribution in [0.15, 0.2) is 36.5 Å². The van der Waals surface area contributed by atoms with Gasteiger partial charge in [-0.25, -0.2) is 9.07 Å². The second-order valence-corrected chi connectivity index (χ2v) is 9.03. The molecule has 0 saturated carbocycles. The lowest BCUT2D eigenvalue weighted by Crippen LogP contribution is -2.39. The zero-order valence-corrected chi connectivity index (χ0v) is 19.7. The predicted octanol–water partition coefficient (Wildman–Crippen LogP) is 4.41. The minimum absolute atomic E-state index is 0.00787. The van der Waals surface area contributed by atoms with Crippen LogP contribution >= 0.6 is 0 Å². The highest BCUT2D eigenvalue weighted by molar-refractivity contribution is 5.85. The van der Waals surface area contributed by atoms with E-state index in [2.05, 4.69) is 10.4 Å². The average Bonchev–Trinajstić information content (AvgIpc) is 3.29. The molecule has 2 aliphatic heterocycles. The van der Waals surface area contributed by atoms with Gasteiger partial charge < -0.3 is 19.5 Å². The number of aromatic nitrogens is 2. The summed E-state index contributed by atoms with van der Waals surface area (Å²) in [4.78, 5) is 23.2. The first-order valence-corrected chi connectivity index (χ1v) is 12.1. The highest BCUT2D eigenvalue weighted by atomic mass is 19.1. The number of nitrogens with one attached hydrogen (secondary N) is 1. The molecule has 2 aromatic carbocycles. The van der Waals surface area contributed by atoms with Crippen molar-refractivity contribution in [1.29, 1.82) is 0 Å². The molecule has 190 valence electrons. The molecule has 1 aromatic heterocycles. The molecular weight excluding hydrogens is 471 g/mol. The maximum absolute atomic E-state index is 14.6. The van der Waals surface area contributed by atoms with Gasteiger partial charge in [0.1, 0.15) is 5.75 Å². The largest absolute Gasteiger partial charge is 0.454 e. The van der Waals surface area contributed by atoms with E-state index in [9.17, 15) is 19.3 Å². The Morgan fingerprint density at radius 2 is 2.00 bits per heavy atom. The molecule has 1 unspecified atom stereocenters. The summed E-state index contributed by atoms with van der Waals surface area (Å²) in [7, 11) is 0. The van der Waals surface area contributed by atoms with Gasteiger partial charge in [-0.2, -0.15) is 5.10 Å². The number of nitro groups is 1. The quantitative estimate of drug-likeness (QED) is 0.379. The van der Waals surface area contributed by atoms with Crippen LogP contribution in [-0.4, -0.2) is 46.5 Å². The zero-order valence-electron chi connectivity index (χ0n) is 19.7. The van der Waals surface area contributed by atoms with Gasteiger partial charge in [0.05, 0.1) is 29.1 Å². The van der Waals surface area contributed by atoms with Crippen LogP contribution in [0.2, 0.25) is 0 Å². The fourth-order valence-electron chi connectivity index (χ4n) is 4.59. The third-order valence-corrected chi connectivity index (χ3v) is 6.49. The molecule has 0 bridgehead atoms. The Labute approximate surface area is 206 Å². The SMILES string of the molecule is O=C(Cc1cc2c(cnn2C2CCCCO2)cc1Oc1ccc([N+](=O)[O-])cc1F)NC1CCOCC1. The van der Waals surface area contributed by atoms with E-state index in [1.165, 1.54) is 12.1 Å². The number of non-ortho nitro benzene ring substituents is 1. The van der Waals surface area contributed by atoms with Gasteiger partial charge in [0.15, 0.2) is 17.8 Å². The van der Waals surface area contributed by atoms with Crippen molar-refractivity contribution < 1.29 is 28.3 Å². The highest BCUT2D eigenvalue weighted by Gasteiger charge is 2.23. The van der Waals surface area contributed by atoms with Gasteiger partial charge in [0.25, 0.3) is 5.69 Å². The number of halogens is 1. The number of hydrogen-bond acceptors (Lipinski definition) is 7. The van der Waals surface area contributed by atoms with E-state index in [1.807, 2.05) is 10.7 Å². The number of amides is 1. The van der Waals surface area contributed by atoms with Crippen LogP contribution in [0.25, 0.3) is 10.9 Å². The molecule has 36 heavy (non-hydrogen) atoms. The lowest BCUT2D eigenvalue weighted by Gasteiger charge is -2.24. The molecule has 0 radical (unpaired) electrons. The fourth-order valence-corrected chi connectivity index (χ4v) is 4.59. The molecule has 3 aromatic rings. The van der Waals surface area contributed by atoms with Crippen molar-refractivity contribution in [1.82, 2.24) is 15.1 Å². The Hall–Kier alpha value is -3.57. The third kappa shape index (κ3) is 5.31. The molecule has 1 atom stereocenters. The summed E-state index contributed by atoms with van der Waals surface area (Å²) in [6.07, 6.45) is 5.86. The molecule has 5 rings (SSSR count). The monoisotopic (exact) mass is 498 g/mol. The number of rotatable bonds is 7. The Kier molecular flexibility index (Phi) is 7.10. The highest BCUT2D eigenvalue weighted by Crippen LogP contribution is 2.35. The van der Waals surface area contributed by atoms with Crippen LogP contribution in [0.1, 0.15) is 43.9 Å². The van der Waals surface area contributed by atoms with Crippen molar-refractivity contribution in [3.05, 3.63) is 58.0 Å². The number of fused-ring (bicyclic) bond motifs is 1. The van der Waals surface area contributed by atoms with Crippen LogP contribution in [0.3, 0.4) is 0 Å². The maximum Gasteiger partial charge on any atom is 0.272 e. The molecule has 0 aliphatic carbocycles. The number of ether oxygens (including phenoxy) is 3. The zero-order chi connectivity index (χ0) is 25.1. The van der Waals surface area contributed by atoms with Gasteiger partial charge in [0, 0.05) is 42.9 Å². The molecule has 10 nitrogen and oxygen atoms in total. The number of nitrogens with zero attached hydrogens (tertiary/aromatic N) is 3. The van der Waals surface area contributed by atoms with E-state index in [0.29, 0.717) is 25.4 Å². The van der Waals surface area contributed by atoms with Crippen LogP contribution in [0.5, 0.6) is 11.5 Å².